The Morgan fingerprint density at radius 1 is 1.19 bits per heavy atom. The molecule has 7 nitrogen and oxygen atoms in total. The van der Waals surface area contributed by atoms with Gasteiger partial charge in [0, 0.05) is 5.41 Å². The highest BCUT2D eigenvalue weighted by Gasteiger charge is 2.52. The van der Waals surface area contributed by atoms with Crippen molar-refractivity contribution in [2.24, 2.45) is 0 Å². The van der Waals surface area contributed by atoms with Crippen molar-refractivity contribution in [3.63, 3.8) is 0 Å². The number of nitrogens with one attached hydrogen (secondary N) is 1. The molecule has 26 heavy (non-hydrogen) atoms. The van der Waals surface area contributed by atoms with Crippen molar-refractivity contribution in [2.45, 2.75) is 58.0 Å². The Morgan fingerprint density at radius 2 is 1.88 bits per heavy atom. The van der Waals surface area contributed by atoms with E-state index in [1.807, 2.05) is 58.0 Å². The van der Waals surface area contributed by atoms with Gasteiger partial charge in [-0.05, 0) is 12.0 Å². The third kappa shape index (κ3) is 3.09. The fourth-order valence-corrected chi connectivity index (χ4v) is 3.14. The highest BCUT2D eigenvalue weighted by Crippen LogP contribution is 2.34. The molecule has 0 spiro atoms. The van der Waals surface area contributed by atoms with Crippen LogP contribution in [0.15, 0.2) is 34.9 Å². The minimum absolute atomic E-state index is 0.0357. The van der Waals surface area contributed by atoms with E-state index in [-0.39, 0.29) is 23.8 Å². The molecule has 0 aliphatic carbocycles. The second-order valence-electron chi connectivity index (χ2n) is 7.60. The van der Waals surface area contributed by atoms with Crippen molar-refractivity contribution in [1.82, 2.24) is 20.4 Å². The zero-order chi connectivity index (χ0) is 18.9. The van der Waals surface area contributed by atoms with Crippen molar-refractivity contribution in [1.29, 1.82) is 0 Å². The van der Waals surface area contributed by atoms with Crippen molar-refractivity contribution in [2.75, 3.05) is 0 Å². The van der Waals surface area contributed by atoms with Gasteiger partial charge in [-0.2, -0.15) is 4.98 Å². The molecule has 3 amide bonds. The van der Waals surface area contributed by atoms with E-state index in [1.165, 1.54) is 0 Å². The first-order chi connectivity index (χ1) is 12.3. The van der Waals surface area contributed by atoms with E-state index in [0.717, 1.165) is 16.9 Å². The third-order valence-corrected chi connectivity index (χ3v) is 4.50. The molecule has 1 unspecified atom stereocenters. The van der Waals surface area contributed by atoms with E-state index < -0.39 is 11.6 Å². The van der Waals surface area contributed by atoms with Crippen molar-refractivity contribution in [3.8, 4) is 0 Å². The van der Waals surface area contributed by atoms with Crippen molar-refractivity contribution in [3.05, 3.63) is 47.6 Å². The van der Waals surface area contributed by atoms with Crippen LogP contribution in [0, 0.1) is 0 Å². The van der Waals surface area contributed by atoms with Gasteiger partial charge < -0.3 is 9.84 Å². The van der Waals surface area contributed by atoms with Crippen LogP contribution in [0.25, 0.3) is 0 Å². The maximum absolute atomic E-state index is 13.2. The van der Waals surface area contributed by atoms with Gasteiger partial charge in [-0.15, -0.1) is 0 Å². The molecule has 1 atom stereocenters. The van der Waals surface area contributed by atoms with Gasteiger partial charge in [-0.3, -0.25) is 9.69 Å². The first kappa shape index (κ1) is 18.1. The van der Waals surface area contributed by atoms with E-state index in [1.54, 1.807) is 0 Å². The number of imide groups is 1. The average Bonchev–Trinajstić information content (AvgIpc) is 3.16. The second-order valence-corrected chi connectivity index (χ2v) is 7.60. The van der Waals surface area contributed by atoms with Gasteiger partial charge >= 0.3 is 6.03 Å². The number of hydrogen-bond donors (Lipinski definition) is 1. The second kappa shape index (κ2) is 6.55. The highest BCUT2D eigenvalue weighted by atomic mass is 16.5. The van der Waals surface area contributed by atoms with Gasteiger partial charge in [-0.1, -0.05) is 69.6 Å². The zero-order valence-corrected chi connectivity index (χ0v) is 15.6. The molecule has 1 aromatic heterocycles. The first-order valence-corrected chi connectivity index (χ1v) is 8.80. The summed E-state index contributed by atoms with van der Waals surface area (Å²) in [5, 5.41) is 6.84. The number of benzene rings is 1. The fourth-order valence-electron chi connectivity index (χ4n) is 3.14. The Morgan fingerprint density at radius 3 is 2.46 bits per heavy atom. The van der Waals surface area contributed by atoms with Crippen LogP contribution in [0.5, 0.6) is 0 Å². The summed E-state index contributed by atoms with van der Waals surface area (Å²) in [5.41, 5.74) is -0.529. The van der Waals surface area contributed by atoms with Crippen molar-refractivity contribution < 1.29 is 14.1 Å². The Bertz CT molecular complexity index is 810. The number of nitrogens with zero attached hydrogens (tertiary/aromatic N) is 3. The van der Waals surface area contributed by atoms with E-state index in [4.69, 9.17) is 4.52 Å². The summed E-state index contributed by atoms with van der Waals surface area (Å²) >= 11 is 0. The third-order valence-electron chi connectivity index (χ3n) is 4.50. The first-order valence-electron chi connectivity index (χ1n) is 8.80. The van der Waals surface area contributed by atoms with E-state index in [2.05, 4.69) is 15.5 Å². The molecule has 138 valence electrons. The summed E-state index contributed by atoms with van der Waals surface area (Å²) in [4.78, 5) is 31.2. The molecule has 1 saturated heterocycles. The fraction of sp³-hybridized carbons (Fsp3) is 0.474. The standard InChI is InChI=1S/C19H24N4O3/c1-5-11-19(13-9-7-6-8-10-13)16(24)23(17(25)21-19)12-14-20-15(22-26-14)18(2,3)4/h6-10H,5,11-12H2,1-4H3,(H,21,25). The molecule has 1 aromatic carbocycles. The SMILES string of the molecule is CCCC1(c2ccccc2)NC(=O)N(Cc2nc(C(C)(C)C)no2)C1=O. The Kier molecular flexibility index (Phi) is 4.56. The average molecular weight is 356 g/mol. The van der Waals surface area contributed by atoms with Gasteiger partial charge in [0.1, 0.15) is 12.1 Å². The van der Waals surface area contributed by atoms with Crippen LogP contribution in [0.2, 0.25) is 0 Å². The molecule has 7 heteroatoms. The zero-order valence-electron chi connectivity index (χ0n) is 15.6. The highest BCUT2D eigenvalue weighted by molar-refractivity contribution is 6.07. The predicted octanol–water partition coefficient (Wildman–Crippen LogP) is 3.11. The Hall–Kier alpha value is -2.70. The number of urea groups is 1. The van der Waals surface area contributed by atoms with Gasteiger partial charge in [-0.25, -0.2) is 4.79 Å². The van der Waals surface area contributed by atoms with Gasteiger partial charge in [0.15, 0.2) is 5.82 Å². The summed E-state index contributed by atoms with van der Waals surface area (Å²) in [5.74, 6) is 0.507. The Balaban J connectivity index is 1.89. The number of carbonyl (C=O) groups is 2. The minimum Gasteiger partial charge on any atom is -0.337 e. The lowest BCUT2D eigenvalue weighted by Gasteiger charge is -2.26. The summed E-state index contributed by atoms with van der Waals surface area (Å²) in [6, 6.07) is 8.89. The van der Waals surface area contributed by atoms with Crippen LogP contribution in [-0.4, -0.2) is 27.0 Å². The lowest BCUT2D eigenvalue weighted by atomic mass is 9.85. The molecule has 0 bridgehead atoms. The molecule has 0 radical (unpaired) electrons. The number of rotatable bonds is 5. The largest absolute Gasteiger partial charge is 0.337 e. The number of amides is 3. The van der Waals surface area contributed by atoms with Crippen LogP contribution in [0.1, 0.15) is 57.8 Å². The molecule has 1 N–H and O–H groups in total. The van der Waals surface area contributed by atoms with Crippen LogP contribution in [0.4, 0.5) is 4.79 Å². The topological polar surface area (TPSA) is 88.3 Å². The maximum atomic E-state index is 13.2. The molecular weight excluding hydrogens is 332 g/mol. The molecular formula is C19H24N4O3. The minimum atomic E-state index is -1.04. The molecule has 2 aromatic rings. The smallest absolute Gasteiger partial charge is 0.325 e. The number of carbonyl (C=O) groups excluding carboxylic acids is 2. The summed E-state index contributed by atoms with van der Waals surface area (Å²) in [7, 11) is 0. The maximum Gasteiger partial charge on any atom is 0.325 e. The van der Waals surface area contributed by atoms with Crippen LogP contribution in [0.3, 0.4) is 0 Å². The molecule has 1 aliphatic rings. The lowest BCUT2D eigenvalue weighted by molar-refractivity contribution is -0.132. The Labute approximate surface area is 152 Å². The van der Waals surface area contributed by atoms with E-state index in [9.17, 15) is 9.59 Å². The molecule has 3 rings (SSSR count). The van der Waals surface area contributed by atoms with Crippen LogP contribution in [-0.2, 0) is 22.3 Å². The van der Waals surface area contributed by atoms with Gasteiger partial charge in [0.05, 0.1) is 0 Å². The van der Waals surface area contributed by atoms with Crippen LogP contribution < -0.4 is 5.32 Å². The van der Waals surface area contributed by atoms with Crippen molar-refractivity contribution >= 4 is 11.9 Å². The van der Waals surface area contributed by atoms with Gasteiger partial charge in [0.2, 0.25) is 5.89 Å². The summed E-state index contributed by atoms with van der Waals surface area (Å²) in [6.07, 6.45) is 1.28. The lowest BCUT2D eigenvalue weighted by Crippen LogP contribution is -2.43. The number of hydrogen-bond acceptors (Lipinski definition) is 5. The normalized spacial score (nSPS) is 20.5. The van der Waals surface area contributed by atoms with Crippen LogP contribution >= 0.6 is 0 Å². The van der Waals surface area contributed by atoms with E-state index in [0.29, 0.717) is 12.2 Å². The van der Waals surface area contributed by atoms with Gasteiger partial charge in [0.25, 0.3) is 5.91 Å². The van der Waals surface area contributed by atoms with E-state index >= 15 is 0 Å². The molecule has 0 saturated carbocycles. The molecule has 1 fully saturated rings. The summed E-state index contributed by atoms with van der Waals surface area (Å²) in [6.45, 7) is 7.86. The molecule has 1 aliphatic heterocycles. The molecule has 2 heterocycles. The predicted molar refractivity (Wildman–Crippen MR) is 95.1 cm³/mol. The monoisotopic (exact) mass is 356 g/mol. The summed E-state index contributed by atoms with van der Waals surface area (Å²) < 4.78 is 5.25. The quantitative estimate of drug-likeness (QED) is 0.832. The number of aromatic nitrogens is 2.